The molecule has 0 saturated heterocycles. The topological polar surface area (TPSA) is 82.2 Å². The summed E-state index contributed by atoms with van der Waals surface area (Å²) in [5.41, 5.74) is 2.20. The van der Waals surface area contributed by atoms with Crippen LogP contribution < -0.4 is 10.1 Å². The third-order valence-corrected chi connectivity index (χ3v) is 4.98. The predicted octanol–water partition coefficient (Wildman–Crippen LogP) is 4.96. The summed E-state index contributed by atoms with van der Waals surface area (Å²) in [6.45, 7) is 2.24. The highest BCUT2D eigenvalue weighted by atomic mass is 79.9. The third kappa shape index (κ3) is 5.00. The number of carbonyl (C=O) groups is 1. The first-order valence-electron chi connectivity index (χ1n) is 9.40. The van der Waals surface area contributed by atoms with Crippen molar-refractivity contribution >= 4 is 27.5 Å². The van der Waals surface area contributed by atoms with Crippen LogP contribution in [0.15, 0.2) is 69.9 Å². The Bertz CT molecular complexity index is 1200. The molecule has 0 saturated carbocycles. The zero-order chi connectivity index (χ0) is 21.8. The lowest BCUT2D eigenvalue weighted by Crippen LogP contribution is -2.15. The minimum absolute atomic E-state index is 0.0443. The fourth-order valence-electron chi connectivity index (χ4n) is 2.95. The summed E-state index contributed by atoms with van der Waals surface area (Å²) in [6, 6.07) is 13.5. The lowest BCUT2D eigenvalue weighted by molar-refractivity contribution is 0.101. The van der Waals surface area contributed by atoms with Gasteiger partial charge >= 0.3 is 0 Å². The van der Waals surface area contributed by atoms with E-state index in [1.54, 1.807) is 42.1 Å². The molecule has 0 bridgehead atoms. The molecule has 1 N–H and O–H groups in total. The standard InChI is InChI=1S/C22H18BrFN4O3/c1-14-18(13-30-20-5-3-2-4-19(20)24)21(27-31-14)22(29)26-17-8-6-15(7-9-17)11-28-12-16(23)10-25-28/h2-10,12H,11,13H2,1H3,(H,26,29). The van der Waals surface area contributed by atoms with Crippen LogP contribution in [0.3, 0.4) is 0 Å². The van der Waals surface area contributed by atoms with Crippen molar-refractivity contribution in [2.75, 3.05) is 5.32 Å². The first-order valence-corrected chi connectivity index (χ1v) is 10.2. The van der Waals surface area contributed by atoms with Crippen LogP contribution in [0.5, 0.6) is 5.75 Å². The fraction of sp³-hybridized carbons (Fsp3) is 0.136. The van der Waals surface area contributed by atoms with Gasteiger partial charge in [0.1, 0.15) is 12.4 Å². The van der Waals surface area contributed by atoms with E-state index in [0.717, 1.165) is 10.0 Å². The SMILES string of the molecule is Cc1onc(C(=O)Nc2ccc(Cn3cc(Br)cn3)cc2)c1COc1ccccc1F. The highest BCUT2D eigenvalue weighted by Crippen LogP contribution is 2.21. The molecule has 0 aliphatic carbocycles. The number of benzene rings is 2. The van der Waals surface area contributed by atoms with Gasteiger partial charge in [0.25, 0.3) is 5.91 Å². The first-order chi connectivity index (χ1) is 15.0. The van der Waals surface area contributed by atoms with Crippen molar-refractivity contribution in [1.82, 2.24) is 14.9 Å². The number of ether oxygens (including phenoxy) is 1. The number of nitrogens with one attached hydrogen (secondary N) is 1. The van der Waals surface area contributed by atoms with Gasteiger partial charge in [-0.2, -0.15) is 5.10 Å². The van der Waals surface area contributed by atoms with Crippen LogP contribution in [0.1, 0.15) is 27.4 Å². The fourth-order valence-corrected chi connectivity index (χ4v) is 3.27. The third-order valence-electron chi connectivity index (χ3n) is 4.57. The zero-order valence-corrected chi connectivity index (χ0v) is 18.1. The molecule has 31 heavy (non-hydrogen) atoms. The average Bonchev–Trinajstić information content (AvgIpc) is 3.34. The number of anilines is 1. The highest BCUT2D eigenvalue weighted by Gasteiger charge is 2.21. The number of rotatable bonds is 7. The van der Waals surface area contributed by atoms with Gasteiger partial charge in [0.05, 0.1) is 22.8 Å². The molecule has 2 aromatic heterocycles. The zero-order valence-electron chi connectivity index (χ0n) is 16.5. The van der Waals surface area contributed by atoms with E-state index in [2.05, 4.69) is 31.5 Å². The van der Waals surface area contributed by atoms with E-state index in [1.165, 1.54) is 12.1 Å². The minimum Gasteiger partial charge on any atom is -0.486 e. The second-order valence-electron chi connectivity index (χ2n) is 6.79. The molecular formula is C22H18BrFN4O3. The molecular weight excluding hydrogens is 467 g/mol. The monoisotopic (exact) mass is 484 g/mol. The Labute approximate surface area is 185 Å². The van der Waals surface area contributed by atoms with Crippen LogP contribution in [0.4, 0.5) is 10.1 Å². The smallest absolute Gasteiger partial charge is 0.278 e. The lowest BCUT2D eigenvalue weighted by atomic mass is 10.1. The molecule has 1 amide bonds. The normalized spacial score (nSPS) is 10.8. The van der Waals surface area contributed by atoms with Gasteiger partial charge in [0.15, 0.2) is 17.3 Å². The van der Waals surface area contributed by atoms with Crippen LogP contribution >= 0.6 is 15.9 Å². The van der Waals surface area contributed by atoms with Gasteiger partial charge in [-0.3, -0.25) is 9.48 Å². The van der Waals surface area contributed by atoms with Gasteiger partial charge < -0.3 is 14.6 Å². The van der Waals surface area contributed by atoms with Crippen LogP contribution in [0, 0.1) is 12.7 Å². The second-order valence-corrected chi connectivity index (χ2v) is 7.71. The highest BCUT2D eigenvalue weighted by molar-refractivity contribution is 9.10. The summed E-state index contributed by atoms with van der Waals surface area (Å²) in [6.07, 6.45) is 3.61. The summed E-state index contributed by atoms with van der Waals surface area (Å²) in [7, 11) is 0. The molecule has 9 heteroatoms. The largest absolute Gasteiger partial charge is 0.486 e. The molecule has 0 radical (unpaired) electrons. The molecule has 158 valence electrons. The summed E-state index contributed by atoms with van der Waals surface area (Å²) >= 11 is 3.37. The van der Waals surface area contributed by atoms with Crippen LogP contribution in [-0.4, -0.2) is 20.8 Å². The maximum Gasteiger partial charge on any atom is 0.278 e. The molecule has 0 spiro atoms. The Balaban J connectivity index is 1.42. The van der Waals surface area contributed by atoms with E-state index in [0.29, 0.717) is 23.6 Å². The average molecular weight is 485 g/mol. The number of carbonyl (C=O) groups excluding carboxylic acids is 1. The van der Waals surface area contributed by atoms with Crippen LogP contribution in [0.2, 0.25) is 0 Å². The molecule has 0 aliphatic rings. The molecule has 0 aliphatic heterocycles. The summed E-state index contributed by atoms with van der Waals surface area (Å²) in [5.74, 6) is -0.394. The van der Waals surface area contributed by atoms with E-state index in [4.69, 9.17) is 9.26 Å². The minimum atomic E-state index is -0.481. The number of aromatic nitrogens is 3. The van der Waals surface area contributed by atoms with Gasteiger partial charge in [-0.05, 0) is 52.7 Å². The number of para-hydroxylation sites is 1. The van der Waals surface area contributed by atoms with Gasteiger partial charge in [0.2, 0.25) is 0 Å². The molecule has 2 heterocycles. The Morgan fingerprint density at radius 3 is 2.71 bits per heavy atom. The van der Waals surface area contributed by atoms with Gasteiger partial charge in [-0.1, -0.05) is 29.4 Å². The van der Waals surface area contributed by atoms with Crippen molar-refractivity contribution < 1.29 is 18.4 Å². The second kappa shape index (κ2) is 9.13. The van der Waals surface area contributed by atoms with Crippen molar-refractivity contribution in [2.45, 2.75) is 20.1 Å². The number of halogens is 2. The van der Waals surface area contributed by atoms with E-state index < -0.39 is 11.7 Å². The molecule has 7 nitrogen and oxygen atoms in total. The molecule has 0 unspecified atom stereocenters. The Morgan fingerprint density at radius 2 is 2.00 bits per heavy atom. The number of nitrogens with zero attached hydrogens (tertiary/aromatic N) is 3. The maximum atomic E-state index is 13.8. The lowest BCUT2D eigenvalue weighted by Gasteiger charge is -2.08. The van der Waals surface area contributed by atoms with Gasteiger partial charge in [0, 0.05) is 11.9 Å². The number of amides is 1. The maximum absolute atomic E-state index is 13.8. The van der Waals surface area contributed by atoms with E-state index >= 15 is 0 Å². The van der Waals surface area contributed by atoms with Crippen molar-refractivity contribution in [3.05, 3.63) is 93.8 Å². The number of hydrogen-bond donors (Lipinski definition) is 1. The quantitative estimate of drug-likeness (QED) is 0.400. The molecule has 4 aromatic rings. The van der Waals surface area contributed by atoms with Crippen molar-refractivity contribution in [1.29, 1.82) is 0 Å². The summed E-state index contributed by atoms with van der Waals surface area (Å²) in [4.78, 5) is 12.7. The number of hydrogen-bond acceptors (Lipinski definition) is 5. The Kier molecular flexibility index (Phi) is 6.13. The molecule has 4 rings (SSSR count). The van der Waals surface area contributed by atoms with Crippen LogP contribution in [-0.2, 0) is 13.2 Å². The molecule has 2 aromatic carbocycles. The van der Waals surface area contributed by atoms with Crippen molar-refractivity contribution in [3.63, 3.8) is 0 Å². The predicted molar refractivity (Wildman–Crippen MR) is 115 cm³/mol. The summed E-state index contributed by atoms with van der Waals surface area (Å²) in [5, 5.41) is 10.9. The molecule has 0 atom stereocenters. The Morgan fingerprint density at radius 1 is 1.23 bits per heavy atom. The van der Waals surface area contributed by atoms with E-state index in [-0.39, 0.29) is 18.1 Å². The summed E-state index contributed by atoms with van der Waals surface area (Å²) < 4.78 is 27.2. The molecule has 0 fully saturated rings. The van der Waals surface area contributed by atoms with Gasteiger partial charge in [-0.15, -0.1) is 0 Å². The van der Waals surface area contributed by atoms with Crippen molar-refractivity contribution in [3.8, 4) is 5.75 Å². The van der Waals surface area contributed by atoms with Gasteiger partial charge in [-0.25, -0.2) is 4.39 Å². The van der Waals surface area contributed by atoms with E-state index in [1.807, 2.05) is 18.3 Å². The van der Waals surface area contributed by atoms with E-state index in [9.17, 15) is 9.18 Å². The van der Waals surface area contributed by atoms with Crippen LogP contribution in [0.25, 0.3) is 0 Å². The number of aryl methyl sites for hydroxylation is 1. The van der Waals surface area contributed by atoms with Crippen molar-refractivity contribution in [2.24, 2.45) is 0 Å². The Hall–Kier alpha value is -3.46. The first kappa shape index (κ1) is 20.8.